The molecular formula is C22H22ClNO6S. The van der Waals surface area contributed by atoms with E-state index in [1.807, 2.05) is 0 Å². The molecule has 0 amide bonds. The highest BCUT2D eigenvalue weighted by atomic mass is 35.5. The Bertz CT molecular complexity index is 1160. The summed E-state index contributed by atoms with van der Waals surface area (Å²) < 4.78 is 43.9. The number of rotatable bonds is 6. The van der Waals surface area contributed by atoms with E-state index in [1.165, 1.54) is 13.2 Å². The normalized spacial score (nSPS) is 12.9. The second-order valence-corrected chi connectivity index (χ2v) is 9.37. The van der Waals surface area contributed by atoms with Gasteiger partial charge in [0.15, 0.2) is 5.60 Å². The zero-order valence-electron chi connectivity index (χ0n) is 17.3. The van der Waals surface area contributed by atoms with E-state index >= 15 is 0 Å². The lowest BCUT2D eigenvalue weighted by Crippen LogP contribution is -2.36. The van der Waals surface area contributed by atoms with Crippen LogP contribution in [0.4, 0.5) is 5.69 Å². The predicted molar refractivity (Wildman–Crippen MR) is 117 cm³/mol. The van der Waals surface area contributed by atoms with Crippen LogP contribution in [0.3, 0.4) is 0 Å². The molecular weight excluding hydrogens is 442 g/mol. The molecule has 1 N–H and O–H groups in total. The summed E-state index contributed by atoms with van der Waals surface area (Å²) in [7, 11) is -2.57. The van der Waals surface area contributed by atoms with E-state index in [4.69, 9.17) is 21.1 Å². The molecule has 3 rings (SSSR count). The molecule has 7 nitrogen and oxygen atoms in total. The van der Waals surface area contributed by atoms with Crippen LogP contribution in [-0.4, -0.2) is 40.3 Å². The van der Waals surface area contributed by atoms with Gasteiger partial charge in [-0.2, -0.15) is 0 Å². The van der Waals surface area contributed by atoms with Gasteiger partial charge in [-0.05, 0) is 55.8 Å². The van der Waals surface area contributed by atoms with Gasteiger partial charge in [-0.1, -0.05) is 23.4 Å². The van der Waals surface area contributed by atoms with Gasteiger partial charge in [-0.15, -0.1) is 0 Å². The Morgan fingerprint density at radius 1 is 1.26 bits per heavy atom. The van der Waals surface area contributed by atoms with Crippen LogP contribution >= 0.6 is 11.6 Å². The summed E-state index contributed by atoms with van der Waals surface area (Å²) in [6.07, 6.45) is 0.665. The van der Waals surface area contributed by atoms with E-state index in [1.54, 1.807) is 44.2 Å². The molecule has 9 heteroatoms. The molecule has 0 spiro atoms. The highest BCUT2D eigenvalue weighted by Gasteiger charge is 2.29. The van der Waals surface area contributed by atoms with Crippen molar-refractivity contribution in [3.8, 4) is 17.6 Å². The Labute approximate surface area is 186 Å². The van der Waals surface area contributed by atoms with Crippen molar-refractivity contribution in [1.29, 1.82) is 0 Å². The summed E-state index contributed by atoms with van der Waals surface area (Å²) in [5, 5.41) is 0.401. The zero-order chi connectivity index (χ0) is 22.6. The lowest BCUT2D eigenvalue weighted by atomic mass is 10.1. The van der Waals surface area contributed by atoms with Crippen LogP contribution in [0.15, 0.2) is 41.3 Å². The molecule has 0 atom stereocenters. The third-order valence-corrected chi connectivity index (χ3v) is 6.20. The molecule has 1 heterocycles. The Morgan fingerprint density at radius 3 is 2.77 bits per heavy atom. The van der Waals surface area contributed by atoms with E-state index in [0.717, 1.165) is 5.56 Å². The molecule has 1 aliphatic rings. The number of esters is 1. The van der Waals surface area contributed by atoms with Gasteiger partial charge >= 0.3 is 5.97 Å². The van der Waals surface area contributed by atoms with Crippen molar-refractivity contribution in [3.05, 3.63) is 52.5 Å². The SMILES string of the molecule is COC(=O)C(C)(C)OCC#Cc1cc(Cl)ccc1NS(=O)(=O)c1ccc2c(c1)CCO2. The maximum atomic E-state index is 12.9. The number of hydrogen-bond acceptors (Lipinski definition) is 6. The Hall–Kier alpha value is -2.73. The molecule has 2 aromatic carbocycles. The number of fused-ring (bicyclic) bond motifs is 1. The van der Waals surface area contributed by atoms with Crippen LogP contribution < -0.4 is 9.46 Å². The van der Waals surface area contributed by atoms with Gasteiger partial charge in [0, 0.05) is 11.4 Å². The van der Waals surface area contributed by atoms with E-state index in [-0.39, 0.29) is 17.2 Å². The monoisotopic (exact) mass is 463 g/mol. The summed E-state index contributed by atoms with van der Waals surface area (Å²) in [6.45, 7) is 3.62. The van der Waals surface area contributed by atoms with Crippen LogP contribution in [0.1, 0.15) is 25.0 Å². The molecule has 31 heavy (non-hydrogen) atoms. The second-order valence-electron chi connectivity index (χ2n) is 7.26. The minimum atomic E-state index is -3.85. The van der Waals surface area contributed by atoms with Crippen LogP contribution in [0.5, 0.6) is 5.75 Å². The Morgan fingerprint density at radius 2 is 2.03 bits per heavy atom. The molecule has 0 aliphatic carbocycles. The number of sulfonamides is 1. The molecule has 2 aromatic rings. The van der Waals surface area contributed by atoms with Crippen LogP contribution in [0.25, 0.3) is 0 Å². The number of halogens is 1. The molecule has 0 fully saturated rings. The third kappa shape index (κ3) is 5.50. The first-order chi connectivity index (χ1) is 14.6. The molecule has 0 radical (unpaired) electrons. The maximum absolute atomic E-state index is 12.9. The van der Waals surface area contributed by atoms with Gasteiger partial charge in [-0.25, -0.2) is 13.2 Å². The van der Waals surface area contributed by atoms with Crippen LogP contribution in [-0.2, 0) is 30.7 Å². The summed E-state index contributed by atoms with van der Waals surface area (Å²) >= 11 is 6.06. The molecule has 0 bridgehead atoms. The molecule has 0 unspecified atom stereocenters. The minimum absolute atomic E-state index is 0.0639. The Kier molecular flexibility index (Phi) is 6.80. The first kappa shape index (κ1) is 22.9. The fourth-order valence-corrected chi connectivity index (χ4v) is 4.20. The fourth-order valence-electron chi connectivity index (χ4n) is 2.90. The lowest BCUT2D eigenvalue weighted by molar-refractivity contribution is -0.163. The summed E-state index contributed by atoms with van der Waals surface area (Å²) in [5.41, 5.74) is 0.352. The molecule has 164 valence electrons. The van der Waals surface area contributed by atoms with Crippen LogP contribution in [0.2, 0.25) is 5.02 Å². The first-order valence-corrected chi connectivity index (χ1v) is 11.3. The highest BCUT2D eigenvalue weighted by Crippen LogP contribution is 2.29. The number of ether oxygens (including phenoxy) is 3. The predicted octanol–water partition coefficient (Wildman–Crippen LogP) is 3.40. The lowest BCUT2D eigenvalue weighted by Gasteiger charge is -2.20. The molecule has 0 saturated heterocycles. The minimum Gasteiger partial charge on any atom is -0.493 e. The van der Waals surface area contributed by atoms with Crippen molar-refractivity contribution in [2.24, 2.45) is 0 Å². The number of carbonyl (C=O) groups excluding carboxylic acids is 1. The van der Waals surface area contributed by atoms with E-state index < -0.39 is 21.6 Å². The number of hydrogen-bond donors (Lipinski definition) is 1. The average molecular weight is 464 g/mol. The first-order valence-electron chi connectivity index (χ1n) is 9.42. The van der Waals surface area contributed by atoms with E-state index in [0.29, 0.717) is 29.4 Å². The van der Waals surface area contributed by atoms with Gasteiger partial charge in [0.1, 0.15) is 12.4 Å². The van der Waals surface area contributed by atoms with E-state index in [2.05, 4.69) is 21.3 Å². The van der Waals surface area contributed by atoms with Crippen molar-refractivity contribution < 1.29 is 27.4 Å². The zero-order valence-corrected chi connectivity index (χ0v) is 18.9. The summed E-state index contributed by atoms with van der Waals surface area (Å²) in [4.78, 5) is 11.8. The second kappa shape index (κ2) is 9.18. The van der Waals surface area contributed by atoms with Crippen LogP contribution in [0, 0.1) is 11.8 Å². The fraction of sp³-hybridized carbons (Fsp3) is 0.318. The molecule has 0 aromatic heterocycles. The standard InChI is InChI=1S/C22H22ClNO6S/c1-22(2,21(25)28-3)30-11-4-5-15-13-17(23)6-8-19(15)24-31(26,27)18-7-9-20-16(14-18)10-12-29-20/h6-9,13-14,24H,10-12H2,1-3H3. The number of benzene rings is 2. The van der Waals surface area contributed by atoms with Crippen molar-refractivity contribution in [2.75, 3.05) is 25.0 Å². The summed E-state index contributed by atoms with van der Waals surface area (Å²) in [6, 6.07) is 9.41. The van der Waals surface area contributed by atoms with Gasteiger partial charge in [0.25, 0.3) is 10.0 Å². The average Bonchev–Trinajstić information content (AvgIpc) is 3.20. The van der Waals surface area contributed by atoms with Crippen molar-refractivity contribution in [2.45, 2.75) is 30.8 Å². The molecule has 0 saturated carbocycles. The van der Waals surface area contributed by atoms with Crippen molar-refractivity contribution in [1.82, 2.24) is 0 Å². The van der Waals surface area contributed by atoms with Gasteiger partial charge in [-0.3, -0.25) is 4.72 Å². The van der Waals surface area contributed by atoms with Crippen molar-refractivity contribution in [3.63, 3.8) is 0 Å². The van der Waals surface area contributed by atoms with Gasteiger partial charge in [0.2, 0.25) is 0 Å². The summed E-state index contributed by atoms with van der Waals surface area (Å²) in [5.74, 6) is 5.79. The number of carbonyl (C=O) groups is 1. The highest BCUT2D eigenvalue weighted by molar-refractivity contribution is 7.92. The Balaban J connectivity index is 1.80. The smallest absolute Gasteiger partial charge is 0.337 e. The maximum Gasteiger partial charge on any atom is 0.337 e. The number of anilines is 1. The third-order valence-electron chi connectivity index (χ3n) is 4.60. The quantitative estimate of drug-likeness (QED) is 0.521. The van der Waals surface area contributed by atoms with Gasteiger partial charge < -0.3 is 14.2 Å². The largest absolute Gasteiger partial charge is 0.493 e. The van der Waals surface area contributed by atoms with Gasteiger partial charge in [0.05, 0.1) is 29.9 Å². The van der Waals surface area contributed by atoms with E-state index in [9.17, 15) is 13.2 Å². The topological polar surface area (TPSA) is 90.9 Å². The number of nitrogens with one attached hydrogen (secondary N) is 1. The van der Waals surface area contributed by atoms with Crippen molar-refractivity contribution >= 4 is 33.3 Å². The number of methoxy groups -OCH3 is 1. The molecule has 1 aliphatic heterocycles.